The van der Waals surface area contributed by atoms with E-state index in [4.69, 9.17) is 14.4 Å². The van der Waals surface area contributed by atoms with Crippen LogP contribution in [0.4, 0.5) is 0 Å². The number of aliphatic hydroxyl groups is 1. The molecule has 2 aromatic carbocycles. The molecule has 1 atom stereocenters. The summed E-state index contributed by atoms with van der Waals surface area (Å²) in [5.74, 6) is 0. The lowest BCUT2D eigenvalue weighted by atomic mass is 10.2. The van der Waals surface area contributed by atoms with Crippen LogP contribution in [0.25, 0.3) is 0 Å². The molecule has 0 spiro atoms. The van der Waals surface area contributed by atoms with Crippen LogP contribution >= 0.6 is 0 Å². The Kier molecular flexibility index (Phi) is 8.63. The Morgan fingerprint density at radius 3 is 2.12 bits per heavy atom. The fourth-order valence-electron chi connectivity index (χ4n) is 1.79. The number of benzene rings is 2. The van der Waals surface area contributed by atoms with E-state index in [1.165, 1.54) is 17.7 Å². The van der Waals surface area contributed by atoms with Gasteiger partial charge >= 0.3 is 0 Å². The molecule has 132 valence electrons. The first-order chi connectivity index (χ1) is 11.3. The highest BCUT2D eigenvalue weighted by Gasteiger charge is 2.06. The van der Waals surface area contributed by atoms with Gasteiger partial charge in [0.05, 0.1) is 17.6 Å². The quantitative estimate of drug-likeness (QED) is 0.780. The average molecular weight is 352 g/mol. The van der Waals surface area contributed by atoms with Crippen molar-refractivity contribution in [3.8, 4) is 0 Å². The van der Waals surface area contributed by atoms with E-state index in [-0.39, 0.29) is 17.6 Å². The van der Waals surface area contributed by atoms with Crippen LogP contribution < -0.4 is 0 Å². The fraction of sp³-hybridized carbons (Fsp3) is 0.333. The van der Waals surface area contributed by atoms with Crippen LogP contribution in [0.3, 0.4) is 0 Å². The standard InChI is InChI=1S/C11H16O2.C7H8O3S/c1-10(7-8-12)13-9-11-5-3-2-4-6-11;1-6-2-4-7(5-3-6)11(8,9)10/h2-6,10,12H,7-9H2,1H3;2-5H,1H3,(H,8,9,10). The molecule has 5 nitrogen and oxygen atoms in total. The first kappa shape index (κ1) is 20.3. The summed E-state index contributed by atoms with van der Waals surface area (Å²) < 4.78 is 35.1. The zero-order chi connectivity index (χ0) is 18.0. The van der Waals surface area contributed by atoms with Crippen LogP contribution in [-0.4, -0.2) is 30.8 Å². The molecule has 0 fully saturated rings. The smallest absolute Gasteiger partial charge is 0.294 e. The third-order valence-electron chi connectivity index (χ3n) is 3.23. The van der Waals surface area contributed by atoms with Gasteiger partial charge in [-0.15, -0.1) is 0 Å². The predicted octanol–water partition coefficient (Wildman–Crippen LogP) is 3.22. The van der Waals surface area contributed by atoms with Gasteiger partial charge in [-0.05, 0) is 38.0 Å². The summed E-state index contributed by atoms with van der Waals surface area (Å²) in [6.45, 7) is 4.63. The fourth-order valence-corrected chi connectivity index (χ4v) is 2.27. The van der Waals surface area contributed by atoms with E-state index in [0.29, 0.717) is 13.0 Å². The molecule has 2 N–H and O–H groups in total. The Bertz CT molecular complexity index is 681. The van der Waals surface area contributed by atoms with Crippen LogP contribution in [0.15, 0.2) is 59.5 Å². The molecule has 0 saturated heterocycles. The van der Waals surface area contributed by atoms with E-state index >= 15 is 0 Å². The first-order valence-electron chi connectivity index (χ1n) is 7.63. The maximum absolute atomic E-state index is 10.5. The van der Waals surface area contributed by atoms with Gasteiger partial charge in [-0.3, -0.25) is 4.55 Å². The second-order valence-electron chi connectivity index (χ2n) is 5.41. The maximum atomic E-state index is 10.5. The van der Waals surface area contributed by atoms with Gasteiger partial charge < -0.3 is 9.84 Å². The Labute approximate surface area is 143 Å². The van der Waals surface area contributed by atoms with Crippen molar-refractivity contribution in [2.75, 3.05) is 6.61 Å². The van der Waals surface area contributed by atoms with Gasteiger partial charge in [-0.1, -0.05) is 48.0 Å². The summed E-state index contributed by atoms with van der Waals surface area (Å²) in [4.78, 5) is -0.0666. The molecule has 0 radical (unpaired) electrons. The number of hydrogen-bond acceptors (Lipinski definition) is 4. The van der Waals surface area contributed by atoms with Crippen molar-refractivity contribution in [1.29, 1.82) is 0 Å². The van der Waals surface area contributed by atoms with Crippen molar-refractivity contribution in [3.63, 3.8) is 0 Å². The zero-order valence-corrected chi connectivity index (χ0v) is 14.7. The molecule has 24 heavy (non-hydrogen) atoms. The average Bonchev–Trinajstić information content (AvgIpc) is 2.54. The molecule has 0 aromatic heterocycles. The monoisotopic (exact) mass is 352 g/mol. The molecule has 0 amide bonds. The lowest BCUT2D eigenvalue weighted by Gasteiger charge is -2.11. The molecule has 0 heterocycles. The summed E-state index contributed by atoms with van der Waals surface area (Å²) in [6.07, 6.45) is 0.831. The Balaban J connectivity index is 0.000000243. The molecule has 2 aromatic rings. The van der Waals surface area contributed by atoms with Crippen molar-refractivity contribution < 1.29 is 22.8 Å². The molecular weight excluding hydrogens is 328 g/mol. The van der Waals surface area contributed by atoms with E-state index in [1.807, 2.05) is 44.2 Å². The van der Waals surface area contributed by atoms with Gasteiger partial charge in [-0.25, -0.2) is 0 Å². The van der Waals surface area contributed by atoms with E-state index < -0.39 is 10.1 Å². The minimum atomic E-state index is -4.02. The third kappa shape index (κ3) is 8.21. The summed E-state index contributed by atoms with van der Waals surface area (Å²) in [5.41, 5.74) is 2.13. The van der Waals surface area contributed by atoms with Gasteiger partial charge in [0.15, 0.2) is 0 Å². The molecule has 0 aliphatic heterocycles. The number of aliphatic hydroxyl groups excluding tert-OH is 1. The minimum absolute atomic E-state index is 0.0666. The van der Waals surface area contributed by atoms with Crippen molar-refractivity contribution in [1.82, 2.24) is 0 Å². The van der Waals surface area contributed by atoms with E-state index in [9.17, 15) is 8.42 Å². The van der Waals surface area contributed by atoms with Crippen molar-refractivity contribution in [3.05, 3.63) is 65.7 Å². The van der Waals surface area contributed by atoms with Crippen LogP contribution in [0.5, 0.6) is 0 Å². The number of ether oxygens (including phenoxy) is 1. The molecule has 6 heteroatoms. The molecular formula is C18H24O5S. The SMILES string of the molecule is CC(CCO)OCc1ccccc1.Cc1ccc(S(=O)(=O)O)cc1. The van der Waals surface area contributed by atoms with Gasteiger partial charge in [0, 0.05) is 6.61 Å². The van der Waals surface area contributed by atoms with Crippen LogP contribution in [0.1, 0.15) is 24.5 Å². The maximum Gasteiger partial charge on any atom is 0.294 e. The van der Waals surface area contributed by atoms with Crippen molar-refractivity contribution in [2.45, 2.75) is 37.9 Å². The largest absolute Gasteiger partial charge is 0.396 e. The van der Waals surface area contributed by atoms with Crippen LogP contribution in [0.2, 0.25) is 0 Å². The van der Waals surface area contributed by atoms with Crippen LogP contribution in [0, 0.1) is 6.92 Å². The van der Waals surface area contributed by atoms with Gasteiger partial charge in [0.2, 0.25) is 0 Å². The summed E-state index contributed by atoms with van der Waals surface area (Å²) in [7, 11) is -4.02. The predicted molar refractivity (Wildman–Crippen MR) is 93.4 cm³/mol. The third-order valence-corrected chi connectivity index (χ3v) is 4.10. The molecule has 0 saturated carbocycles. The van der Waals surface area contributed by atoms with E-state index in [1.54, 1.807) is 12.1 Å². The number of aryl methyl sites for hydroxylation is 1. The minimum Gasteiger partial charge on any atom is -0.396 e. The lowest BCUT2D eigenvalue weighted by molar-refractivity contribution is 0.0363. The Morgan fingerprint density at radius 1 is 1.04 bits per heavy atom. The second kappa shape index (κ2) is 10.2. The van der Waals surface area contributed by atoms with Crippen LogP contribution in [-0.2, 0) is 21.5 Å². The van der Waals surface area contributed by atoms with E-state index in [0.717, 1.165) is 5.56 Å². The summed E-state index contributed by atoms with van der Waals surface area (Å²) in [5, 5.41) is 8.65. The highest BCUT2D eigenvalue weighted by Crippen LogP contribution is 2.08. The highest BCUT2D eigenvalue weighted by atomic mass is 32.2. The molecule has 0 aliphatic rings. The second-order valence-corrected chi connectivity index (χ2v) is 6.83. The topological polar surface area (TPSA) is 83.8 Å². The Morgan fingerprint density at radius 2 is 1.62 bits per heavy atom. The highest BCUT2D eigenvalue weighted by molar-refractivity contribution is 7.85. The number of hydrogen-bond donors (Lipinski definition) is 2. The lowest BCUT2D eigenvalue weighted by Crippen LogP contribution is -2.09. The molecule has 0 aliphatic carbocycles. The molecule has 1 unspecified atom stereocenters. The molecule has 0 bridgehead atoms. The zero-order valence-electron chi connectivity index (χ0n) is 13.9. The number of rotatable bonds is 6. The Hall–Kier alpha value is -1.73. The van der Waals surface area contributed by atoms with Gasteiger partial charge in [0.25, 0.3) is 10.1 Å². The summed E-state index contributed by atoms with van der Waals surface area (Å²) >= 11 is 0. The van der Waals surface area contributed by atoms with Crippen molar-refractivity contribution >= 4 is 10.1 Å². The normalized spacial score (nSPS) is 12.2. The van der Waals surface area contributed by atoms with Gasteiger partial charge in [-0.2, -0.15) is 8.42 Å². The van der Waals surface area contributed by atoms with E-state index in [2.05, 4.69) is 0 Å². The van der Waals surface area contributed by atoms with Gasteiger partial charge in [0.1, 0.15) is 0 Å². The molecule has 2 rings (SSSR count). The van der Waals surface area contributed by atoms with Crippen molar-refractivity contribution in [2.24, 2.45) is 0 Å². The summed E-state index contributed by atoms with van der Waals surface area (Å²) in [6, 6.07) is 16.0. The first-order valence-corrected chi connectivity index (χ1v) is 9.07.